The Labute approximate surface area is 504 Å². The fraction of sp³-hybridized carbons (Fsp3) is 0.220. The van der Waals surface area contributed by atoms with Gasteiger partial charge in [-0.3, -0.25) is 0 Å². The molecule has 2 aliphatic carbocycles. The van der Waals surface area contributed by atoms with Gasteiger partial charge >= 0.3 is 0 Å². The molecule has 422 valence electrons. The fourth-order valence-corrected chi connectivity index (χ4v) is 15.8. The van der Waals surface area contributed by atoms with Crippen molar-refractivity contribution < 1.29 is 8.83 Å². The van der Waals surface area contributed by atoms with Crippen molar-refractivity contribution >= 4 is 110 Å². The molecule has 2 aromatic heterocycles. The van der Waals surface area contributed by atoms with Crippen molar-refractivity contribution in [3.8, 4) is 22.3 Å². The largest absolute Gasteiger partial charge is 0.453 e. The van der Waals surface area contributed by atoms with E-state index in [0.29, 0.717) is 11.8 Å². The highest BCUT2D eigenvalue weighted by Crippen LogP contribution is 2.55. The first kappa shape index (κ1) is 52.4. The van der Waals surface area contributed by atoms with Crippen LogP contribution >= 0.6 is 0 Å². The van der Waals surface area contributed by atoms with Gasteiger partial charge in [0, 0.05) is 54.8 Å². The standard InChI is InChI=1S/C82H72N2O2/c1-5-53-25-13-15-33-59(53)63-35-19-37-65-67-39-21-41-73(81(67)85-79(63)65)83(57-31-17-23-51(3)47-57)75-49-71(55-27-9-7-10-28-55)61-44-46-70-76(50-72(56-29-11-8-12-30-56)62-43-45-69(75)77(61)78(62)70)84(58-32-18-24-52(4)48-58)74-42-22-40-68-66-38-20-36-64(80(66)86-82(68)74)60-34-16-14-26-54(60)6-2/h13-26,31-50,55-56H,5-12,27-30H2,1-4H3. The molecule has 0 radical (unpaired) electrons. The van der Waals surface area contributed by atoms with Gasteiger partial charge in [0.25, 0.3) is 0 Å². The number of hydrogen-bond acceptors (Lipinski definition) is 4. The van der Waals surface area contributed by atoms with E-state index in [2.05, 4.69) is 244 Å². The Hall–Kier alpha value is -9.12. The number of hydrogen-bond donors (Lipinski definition) is 0. The Balaban J connectivity index is 1.00. The van der Waals surface area contributed by atoms with Crippen molar-refractivity contribution in [2.75, 3.05) is 9.80 Å². The zero-order valence-corrected chi connectivity index (χ0v) is 50.0. The number of fused-ring (bicyclic) bond motifs is 6. The monoisotopic (exact) mass is 1120 g/mol. The Bertz CT molecular complexity index is 4620. The quantitative estimate of drug-likeness (QED) is 0.114. The van der Waals surface area contributed by atoms with Crippen LogP contribution in [-0.2, 0) is 12.8 Å². The van der Waals surface area contributed by atoms with Gasteiger partial charge < -0.3 is 18.6 Å². The van der Waals surface area contributed by atoms with E-state index in [-0.39, 0.29) is 0 Å². The van der Waals surface area contributed by atoms with Gasteiger partial charge in [-0.05, 0) is 179 Å². The lowest BCUT2D eigenvalue weighted by molar-refractivity contribution is 0.445. The van der Waals surface area contributed by atoms with E-state index in [9.17, 15) is 0 Å². The summed E-state index contributed by atoms with van der Waals surface area (Å²) >= 11 is 0. The van der Waals surface area contributed by atoms with Crippen LogP contribution in [0.25, 0.3) is 98.4 Å². The van der Waals surface area contributed by atoms with E-state index in [0.717, 1.165) is 90.6 Å². The first-order valence-corrected chi connectivity index (χ1v) is 32.0. The smallest absolute Gasteiger partial charge is 0.159 e. The zero-order valence-electron chi connectivity index (χ0n) is 50.0. The van der Waals surface area contributed by atoms with Crippen molar-refractivity contribution in [1.82, 2.24) is 0 Å². The van der Waals surface area contributed by atoms with Crippen LogP contribution in [0, 0.1) is 13.8 Å². The van der Waals surface area contributed by atoms with Crippen LogP contribution in [0.2, 0.25) is 0 Å². The third-order valence-corrected chi connectivity index (χ3v) is 19.9. The summed E-state index contributed by atoms with van der Waals surface area (Å²) in [5.41, 5.74) is 23.1. The molecule has 86 heavy (non-hydrogen) atoms. The van der Waals surface area contributed by atoms with Crippen LogP contribution in [0.5, 0.6) is 0 Å². The van der Waals surface area contributed by atoms with Gasteiger partial charge in [-0.25, -0.2) is 0 Å². The molecule has 16 rings (SSSR count). The molecule has 0 aliphatic heterocycles. The van der Waals surface area contributed by atoms with Gasteiger partial charge in [0.15, 0.2) is 11.2 Å². The number of benzene rings is 12. The number of anilines is 6. The van der Waals surface area contributed by atoms with Crippen molar-refractivity contribution in [3.63, 3.8) is 0 Å². The maximum atomic E-state index is 7.45. The summed E-state index contributed by atoms with van der Waals surface area (Å²) in [7, 11) is 0. The normalized spacial score (nSPS) is 14.5. The Morgan fingerprint density at radius 3 is 1.12 bits per heavy atom. The second kappa shape index (κ2) is 21.4. The molecule has 0 spiro atoms. The molecular weight excluding hydrogens is 1040 g/mol. The van der Waals surface area contributed by atoms with Crippen molar-refractivity contribution in [2.24, 2.45) is 0 Å². The van der Waals surface area contributed by atoms with Crippen LogP contribution < -0.4 is 9.80 Å². The van der Waals surface area contributed by atoms with Gasteiger partial charge in [-0.15, -0.1) is 0 Å². The first-order valence-electron chi connectivity index (χ1n) is 32.0. The van der Waals surface area contributed by atoms with Crippen LogP contribution in [0.1, 0.15) is 123 Å². The van der Waals surface area contributed by atoms with Gasteiger partial charge in [-0.1, -0.05) is 210 Å². The van der Waals surface area contributed by atoms with E-state index in [4.69, 9.17) is 8.83 Å². The fourth-order valence-electron chi connectivity index (χ4n) is 15.8. The van der Waals surface area contributed by atoms with Crippen LogP contribution in [0.15, 0.2) is 215 Å². The van der Waals surface area contributed by atoms with Gasteiger partial charge in [-0.2, -0.15) is 0 Å². The number of aryl methyl sites for hydroxylation is 4. The third-order valence-electron chi connectivity index (χ3n) is 19.9. The molecule has 4 heteroatoms. The predicted molar refractivity (Wildman–Crippen MR) is 365 cm³/mol. The molecule has 0 N–H and O–H groups in total. The molecule has 0 saturated heterocycles. The molecule has 0 unspecified atom stereocenters. The minimum absolute atomic E-state index is 0.426. The summed E-state index contributed by atoms with van der Waals surface area (Å²) in [6.45, 7) is 8.94. The van der Waals surface area contributed by atoms with E-state index < -0.39 is 0 Å². The minimum atomic E-state index is 0.426. The van der Waals surface area contributed by atoms with Gasteiger partial charge in [0.2, 0.25) is 0 Å². The SMILES string of the molecule is CCc1ccccc1-c1cccc2c1oc1c(N(c3cccc(C)c3)c3cc(C4CCCCC4)c4ccc5c(N(c6cccc(C)c6)c6cccc7c6oc6c(-c8ccccc8CC)cccc67)cc(C6CCCCC6)c6ccc3c4c65)cccc12. The lowest BCUT2D eigenvalue weighted by Crippen LogP contribution is -2.15. The molecule has 4 nitrogen and oxygen atoms in total. The van der Waals surface area contributed by atoms with Crippen molar-refractivity contribution in [3.05, 3.63) is 240 Å². The molecule has 2 saturated carbocycles. The van der Waals surface area contributed by atoms with E-state index in [1.165, 1.54) is 152 Å². The molecular formula is C82H72N2O2. The van der Waals surface area contributed by atoms with Gasteiger partial charge in [0.05, 0.1) is 22.7 Å². The summed E-state index contributed by atoms with van der Waals surface area (Å²) in [6.07, 6.45) is 14.2. The molecule has 2 heterocycles. The predicted octanol–water partition coefficient (Wildman–Crippen LogP) is 24.5. The summed E-state index contributed by atoms with van der Waals surface area (Å²) in [6, 6.07) is 78.1. The lowest BCUT2D eigenvalue weighted by atomic mass is 9.77. The molecule has 0 bridgehead atoms. The summed E-state index contributed by atoms with van der Waals surface area (Å²) in [4.78, 5) is 5.13. The molecule has 0 amide bonds. The minimum Gasteiger partial charge on any atom is -0.453 e. The molecule has 12 aromatic carbocycles. The third kappa shape index (κ3) is 8.53. The van der Waals surface area contributed by atoms with E-state index >= 15 is 0 Å². The van der Waals surface area contributed by atoms with Crippen molar-refractivity contribution in [2.45, 2.75) is 117 Å². The zero-order chi connectivity index (χ0) is 57.6. The number of furan rings is 2. The van der Waals surface area contributed by atoms with Crippen LogP contribution in [0.3, 0.4) is 0 Å². The highest BCUT2D eigenvalue weighted by molar-refractivity contribution is 6.30. The summed E-state index contributed by atoms with van der Waals surface area (Å²) in [5, 5.41) is 12.5. The highest BCUT2D eigenvalue weighted by atomic mass is 16.3. The number of nitrogens with zero attached hydrogens (tertiary/aromatic N) is 2. The number of rotatable bonds is 12. The molecule has 14 aromatic rings. The Morgan fingerprint density at radius 2 is 0.698 bits per heavy atom. The first-order chi connectivity index (χ1) is 42.4. The Kier molecular flexibility index (Phi) is 13.1. The Morgan fingerprint density at radius 1 is 0.326 bits per heavy atom. The topological polar surface area (TPSA) is 32.8 Å². The highest BCUT2D eigenvalue weighted by Gasteiger charge is 2.32. The molecule has 2 aliphatic rings. The van der Waals surface area contributed by atoms with Gasteiger partial charge in [0.1, 0.15) is 11.2 Å². The summed E-state index contributed by atoms with van der Waals surface area (Å²) in [5.74, 6) is 0.853. The second-order valence-corrected chi connectivity index (χ2v) is 25.0. The average Bonchev–Trinajstić information content (AvgIpc) is 0.774. The van der Waals surface area contributed by atoms with Crippen LogP contribution in [0.4, 0.5) is 34.1 Å². The molecule has 2 fully saturated rings. The average molecular weight is 1120 g/mol. The van der Waals surface area contributed by atoms with E-state index in [1.807, 2.05) is 0 Å². The molecule has 0 atom stereocenters. The second-order valence-electron chi connectivity index (χ2n) is 25.0. The number of para-hydroxylation sites is 4. The maximum Gasteiger partial charge on any atom is 0.159 e. The van der Waals surface area contributed by atoms with Crippen molar-refractivity contribution in [1.29, 1.82) is 0 Å². The summed E-state index contributed by atoms with van der Waals surface area (Å²) < 4.78 is 14.9. The maximum absolute atomic E-state index is 7.45. The lowest BCUT2D eigenvalue weighted by Gasteiger charge is -2.33. The van der Waals surface area contributed by atoms with E-state index in [1.54, 1.807) is 0 Å². The van der Waals surface area contributed by atoms with Crippen LogP contribution in [-0.4, -0.2) is 0 Å².